The minimum atomic E-state index is 0.608. The van der Waals surface area contributed by atoms with Crippen molar-refractivity contribution in [2.75, 3.05) is 0 Å². The molecule has 1 aliphatic rings. The Morgan fingerprint density at radius 1 is 1.20 bits per heavy atom. The Labute approximate surface area is 96.8 Å². The topological polar surface area (TPSA) is 0 Å². The molecule has 3 atom stereocenters. The van der Waals surface area contributed by atoms with Crippen LogP contribution >= 0.6 is 0 Å². The van der Waals surface area contributed by atoms with Gasteiger partial charge in [0.15, 0.2) is 0 Å². The molecule has 0 aromatic heterocycles. The van der Waals surface area contributed by atoms with Crippen LogP contribution in [0.2, 0.25) is 0 Å². The van der Waals surface area contributed by atoms with E-state index < -0.39 is 0 Å². The van der Waals surface area contributed by atoms with Gasteiger partial charge in [0.1, 0.15) is 0 Å². The Morgan fingerprint density at radius 3 is 2.20 bits per heavy atom. The second-order valence-corrected chi connectivity index (χ2v) is 6.29. The van der Waals surface area contributed by atoms with Crippen molar-refractivity contribution >= 4 is 0 Å². The van der Waals surface area contributed by atoms with E-state index in [1.807, 2.05) is 0 Å². The first-order chi connectivity index (χ1) is 7.02. The third-order valence-corrected chi connectivity index (χ3v) is 4.79. The van der Waals surface area contributed by atoms with E-state index in [4.69, 9.17) is 0 Å². The molecule has 90 valence electrons. The molecule has 0 nitrogen and oxygen atoms in total. The highest BCUT2D eigenvalue weighted by molar-refractivity contribution is 4.84. The van der Waals surface area contributed by atoms with Crippen LogP contribution in [-0.4, -0.2) is 0 Å². The Hall–Kier alpha value is 0. The average Bonchev–Trinajstić information content (AvgIpc) is 3.00. The molecule has 1 fully saturated rings. The molecule has 0 aliphatic heterocycles. The summed E-state index contributed by atoms with van der Waals surface area (Å²) in [4.78, 5) is 0. The molecule has 1 rings (SSSR count). The van der Waals surface area contributed by atoms with Crippen LogP contribution in [0.4, 0.5) is 0 Å². The van der Waals surface area contributed by atoms with Gasteiger partial charge in [0, 0.05) is 0 Å². The fourth-order valence-electron chi connectivity index (χ4n) is 3.08. The molecule has 0 heteroatoms. The zero-order chi connectivity index (χ0) is 11.5. The monoisotopic (exact) mass is 210 g/mol. The zero-order valence-electron chi connectivity index (χ0n) is 11.5. The standard InChI is InChI=1S/C15H30/c1-6-10-15(5,7-2)11-12(3)13(4)14-8-9-14/h12-14H,6-11H2,1-5H3. The van der Waals surface area contributed by atoms with Gasteiger partial charge in [-0.25, -0.2) is 0 Å². The molecule has 0 amide bonds. The summed E-state index contributed by atoms with van der Waals surface area (Å²) in [6, 6.07) is 0. The highest BCUT2D eigenvalue weighted by Gasteiger charge is 2.34. The quantitative estimate of drug-likeness (QED) is 0.536. The Balaban J connectivity index is 2.42. The first-order valence-electron chi connectivity index (χ1n) is 7.02. The van der Waals surface area contributed by atoms with Crippen LogP contribution in [0.5, 0.6) is 0 Å². The lowest BCUT2D eigenvalue weighted by molar-refractivity contribution is 0.176. The van der Waals surface area contributed by atoms with Crippen molar-refractivity contribution in [3.63, 3.8) is 0 Å². The van der Waals surface area contributed by atoms with E-state index >= 15 is 0 Å². The van der Waals surface area contributed by atoms with Crippen molar-refractivity contribution in [2.24, 2.45) is 23.2 Å². The summed E-state index contributed by atoms with van der Waals surface area (Å²) in [5.41, 5.74) is 0.608. The van der Waals surface area contributed by atoms with Crippen LogP contribution in [0.25, 0.3) is 0 Å². The van der Waals surface area contributed by atoms with Gasteiger partial charge in [0.25, 0.3) is 0 Å². The summed E-state index contributed by atoms with van der Waals surface area (Å²) in [5, 5.41) is 0. The normalized spacial score (nSPS) is 24.6. The largest absolute Gasteiger partial charge is 0.0654 e. The number of rotatable bonds is 7. The molecule has 0 N–H and O–H groups in total. The Bertz CT molecular complexity index is 180. The molecule has 0 bridgehead atoms. The molecule has 0 aromatic rings. The Morgan fingerprint density at radius 2 is 1.80 bits per heavy atom. The van der Waals surface area contributed by atoms with Gasteiger partial charge in [0.05, 0.1) is 0 Å². The van der Waals surface area contributed by atoms with E-state index in [9.17, 15) is 0 Å². The Kier molecular flexibility index (Phi) is 4.67. The summed E-state index contributed by atoms with van der Waals surface area (Å²) < 4.78 is 0. The summed E-state index contributed by atoms with van der Waals surface area (Å²) in [5.74, 6) is 2.96. The lowest BCUT2D eigenvalue weighted by Crippen LogP contribution is -2.22. The molecular weight excluding hydrogens is 180 g/mol. The van der Waals surface area contributed by atoms with E-state index in [2.05, 4.69) is 34.6 Å². The molecule has 0 heterocycles. The highest BCUT2D eigenvalue weighted by atomic mass is 14.4. The summed E-state index contributed by atoms with van der Waals surface area (Å²) in [6.07, 6.45) is 8.54. The van der Waals surface area contributed by atoms with Gasteiger partial charge in [-0.2, -0.15) is 0 Å². The highest BCUT2D eigenvalue weighted by Crippen LogP contribution is 2.44. The average molecular weight is 210 g/mol. The molecular formula is C15H30. The minimum Gasteiger partial charge on any atom is -0.0654 e. The first kappa shape index (κ1) is 13.1. The van der Waals surface area contributed by atoms with Crippen LogP contribution in [0, 0.1) is 23.2 Å². The van der Waals surface area contributed by atoms with Crippen LogP contribution in [0.1, 0.15) is 73.1 Å². The predicted octanol–water partition coefficient (Wildman–Crippen LogP) is 5.28. The van der Waals surface area contributed by atoms with E-state index in [0.29, 0.717) is 5.41 Å². The molecule has 0 radical (unpaired) electrons. The fourth-order valence-corrected chi connectivity index (χ4v) is 3.08. The lowest BCUT2D eigenvalue weighted by Gasteiger charge is -2.33. The van der Waals surface area contributed by atoms with E-state index in [0.717, 1.165) is 17.8 Å². The van der Waals surface area contributed by atoms with E-state index in [1.165, 1.54) is 38.5 Å². The van der Waals surface area contributed by atoms with Gasteiger partial charge in [-0.05, 0) is 48.9 Å². The predicted molar refractivity (Wildman–Crippen MR) is 69.0 cm³/mol. The van der Waals surface area contributed by atoms with Gasteiger partial charge in [-0.15, -0.1) is 0 Å². The van der Waals surface area contributed by atoms with Crippen molar-refractivity contribution in [2.45, 2.75) is 73.1 Å². The molecule has 1 aliphatic carbocycles. The molecule has 0 aromatic carbocycles. The summed E-state index contributed by atoms with van der Waals surface area (Å²) in [7, 11) is 0. The minimum absolute atomic E-state index is 0.608. The molecule has 1 saturated carbocycles. The van der Waals surface area contributed by atoms with Crippen LogP contribution < -0.4 is 0 Å². The summed E-state index contributed by atoms with van der Waals surface area (Å²) >= 11 is 0. The smallest absolute Gasteiger partial charge is 0.0326 e. The van der Waals surface area contributed by atoms with Gasteiger partial charge in [-0.1, -0.05) is 47.5 Å². The number of hydrogen-bond acceptors (Lipinski definition) is 0. The van der Waals surface area contributed by atoms with Gasteiger partial charge >= 0.3 is 0 Å². The SMILES string of the molecule is CCCC(C)(CC)CC(C)C(C)C1CC1. The second kappa shape index (κ2) is 5.37. The van der Waals surface area contributed by atoms with E-state index in [-0.39, 0.29) is 0 Å². The molecule has 3 unspecified atom stereocenters. The fraction of sp³-hybridized carbons (Fsp3) is 1.00. The third-order valence-electron chi connectivity index (χ3n) is 4.79. The van der Waals surface area contributed by atoms with E-state index in [1.54, 1.807) is 0 Å². The second-order valence-electron chi connectivity index (χ2n) is 6.29. The first-order valence-corrected chi connectivity index (χ1v) is 7.02. The van der Waals surface area contributed by atoms with Crippen molar-refractivity contribution in [1.82, 2.24) is 0 Å². The van der Waals surface area contributed by atoms with Crippen molar-refractivity contribution in [3.8, 4) is 0 Å². The molecule has 0 saturated heterocycles. The maximum atomic E-state index is 2.49. The van der Waals surface area contributed by atoms with Gasteiger partial charge in [0.2, 0.25) is 0 Å². The van der Waals surface area contributed by atoms with Gasteiger partial charge in [-0.3, -0.25) is 0 Å². The van der Waals surface area contributed by atoms with Crippen LogP contribution in [-0.2, 0) is 0 Å². The maximum absolute atomic E-state index is 2.49. The van der Waals surface area contributed by atoms with Crippen molar-refractivity contribution in [3.05, 3.63) is 0 Å². The zero-order valence-corrected chi connectivity index (χ0v) is 11.5. The van der Waals surface area contributed by atoms with Crippen LogP contribution in [0.15, 0.2) is 0 Å². The van der Waals surface area contributed by atoms with Crippen molar-refractivity contribution in [1.29, 1.82) is 0 Å². The van der Waals surface area contributed by atoms with Crippen LogP contribution in [0.3, 0.4) is 0 Å². The number of hydrogen-bond donors (Lipinski definition) is 0. The third kappa shape index (κ3) is 3.81. The van der Waals surface area contributed by atoms with Crippen molar-refractivity contribution < 1.29 is 0 Å². The lowest BCUT2D eigenvalue weighted by atomic mass is 9.72. The molecule has 0 spiro atoms. The van der Waals surface area contributed by atoms with Gasteiger partial charge < -0.3 is 0 Å². The summed E-state index contributed by atoms with van der Waals surface area (Å²) in [6.45, 7) is 12.1. The maximum Gasteiger partial charge on any atom is -0.0326 e. The molecule has 15 heavy (non-hydrogen) atoms.